The summed E-state index contributed by atoms with van der Waals surface area (Å²) < 4.78 is 7.51. The molecule has 6 heteroatoms. The lowest BCUT2D eigenvalue weighted by Crippen LogP contribution is -2.11. The molecule has 0 aliphatic carbocycles. The van der Waals surface area contributed by atoms with Gasteiger partial charge in [0.25, 0.3) is 5.91 Å². The molecule has 1 heterocycles. The van der Waals surface area contributed by atoms with E-state index in [1.807, 2.05) is 87.5 Å². The van der Waals surface area contributed by atoms with Crippen molar-refractivity contribution in [2.24, 2.45) is 0 Å². The second-order valence-electron chi connectivity index (χ2n) is 7.48. The lowest BCUT2D eigenvalue weighted by Gasteiger charge is -2.09. The summed E-state index contributed by atoms with van der Waals surface area (Å²) in [6.07, 6.45) is -0.0313. The number of anilines is 1. The molecule has 0 atom stereocenters. The normalized spacial score (nSPS) is 10.8. The molecule has 1 amide bonds. The number of carbonyl (C=O) groups is 1. The van der Waals surface area contributed by atoms with Crippen LogP contribution in [0.1, 0.15) is 29.8 Å². The van der Waals surface area contributed by atoms with E-state index >= 15 is 0 Å². The summed E-state index contributed by atoms with van der Waals surface area (Å²) in [6.45, 7) is 5.93. The number of benzene rings is 3. The first-order valence-electron chi connectivity index (χ1n) is 10.2. The van der Waals surface area contributed by atoms with Gasteiger partial charge in [0.2, 0.25) is 0 Å². The molecule has 0 fully saturated rings. The maximum absolute atomic E-state index is 12.4. The average Bonchev–Trinajstić information content (AvgIpc) is 3.18. The number of nitrogens with zero attached hydrogens (tertiary/aromatic N) is 3. The Balaban J connectivity index is 1.65. The van der Waals surface area contributed by atoms with Crippen molar-refractivity contribution >= 4 is 11.6 Å². The van der Waals surface area contributed by atoms with Gasteiger partial charge in [0, 0.05) is 16.8 Å². The molecule has 4 aromatic rings. The lowest BCUT2D eigenvalue weighted by atomic mass is 10.1. The van der Waals surface area contributed by atoms with Crippen LogP contribution >= 0.6 is 0 Å². The molecule has 156 valence electrons. The zero-order chi connectivity index (χ0) is 21.8. The number of hydrogen-bond donors (Lipinski definition) is 1. The van der Waals surface area contributed by atoms with Crippen molar-refractivity contribution in [2.75, 3.05) is 5.32 Å². The fourth-order valence-corrected chi connectivity index (χ4v) is 3.21. The molecule has 0 spiro atoms. The predicted molar refractivity (Wildman–Crippen MR) is 122 cm³/mol. The van der Waals surface area contributed by atoms with Crippen molar-refractivity contribution < 1.29 is 9.53 Å². The Kier molecular flexibility index (Phi) is 5.80. The van der Waals surface area contributed by atoms with E-state index in [0.29, 0.717) is 23.1 Å². The van der Waals surface area contributed by atoms with Crippen LogP contribution < -0.4 is 10.1 Å². The number of aromatic nitrogens is 3. The molecule has 6 nitrogen and oxygen atoms in total. The standard InChI is InChI=1S/C25H24N4O2/c1-17(2)31-25-27-23(22-12-8-7-9-18(22)3)29(28-25)21-15-13-20(14-16-21)26-24(30)19-10-5-4-6-11-19/h4-17H,1-3H3,(H,26,30). The predicted octanol–water partition coefficient (Wildman–Crippen LogP) is 5.28. The van der Waals surface area contributed by atoms with Gasteiger partial charge in [0.15, 0.2) is 5.82 Å². The maximum Gasteiger partial charge on any atom is 0.336 e. The van der Waals surface area contributed by atoms with Gasteiger partial charge in [-0.1, -0.05) is 42.5 Å². The number of aryl methyl sites for hydroxylation is 1. The molecule has 0 bridgehead atoms. The number of carbonyl (C=O) groups excluding carboxylic acids is 1. The van der Waals surface area contributed by atoms with Gasteiger partial charge in [-0.25, -0.2) is 4.68 Å². The van der Waals surface area contributed by atoms with Gasteiger partial charge in [-0.3, -0.25) is 4.79 Å². The van der Waals surface area contributed by atoms with E-state index in [-0.39, 0.29) is 12.0 Å². The van der Waals surface area contributed by atoms with E-state index in [1.165, 1.54) is 0 Å². The topological polar surface area (TPSA) is 69.0 Å². The minimum absolute atomic E-state index is 0.0313. The van der Waals surface area contributed by atoms with Gasteiger partial charge in [0.1, 0.15) is 0 Å². The molecule has 3 aromatic carbocycles. The summed E-state index contributed by atoms with van der Waals surface area (Å²) in [5.74, 6) is 0.553. The first-order valence-corrected chi connectivity index (χ1v) is 10.2. The van der Waals surface area contributed by atoms with Gasteiger partial charge in [-0.2, -0.15) is 4.98 Å². The van der Waals surface area contributed by atoms with Gasteiger partial charge in [0.05, 0.1) is 11.8 Å². The van der Waals surface area contributed by atoms with Gasteiger partial charge in [-0.05, 0) is 62.7 Å². The Morgan fingerprint density at radius 2 is 1.61 bits per heavy atom. The van der Waals surface area contributed by atoms with Crippen LogP contribution in [0.2, 0.25) is 0 Å². The molecule has 4 rings (SSSR count). The Hall–Kier alpha value is -3.93. The Morgan fingerprint density at radius 1 is 0.935 bits per heavy atom. The van der Waals surface area contributed by atoms with Crippen LogP contribution in [0.15, 0.2) is 78.9 Å². The van der Waals surface area contributed by atoms with Crippen molar-refractivity contribution in [3.8, 4) is 23.1 Å². The third-order valence-electron chi connectivity index (χ3n) is 4.72. The van der Waals surface area contributed by atoms with E-state index in [1.54, 1.807) is 16.8 Å². The molecule has 1 aromatic heterocycles. The first-order chi connectivity index (χ1) is 15.0. The highest BCUT2D eigenvalue weighted by Crippen LogP contribution is 2.27. The first kappa shape index (κ1) is 20.3. The zero-order valence-electron chi connectivity index (χ0n) is 17.7. The van der Waals surface area contributed by atoms with Crippen LogP contribution in [0.3, 0.4) is 0 Å². The van der Waals surface area contributed by atoms with Crippen LogP contribution in [0.4, 0.5) is 5.69 Å². The fourth-order valence-electron chi connectivity index (χ4n) is 3.21. The molecule has 1 N–H and O–H groups in total. The second-order valence-corrected chi connectivity index (χ2v) is 7.48. The summed E-state index contributed by atoms with van der Waals surface area (Å²) in [5, 5.41) is 7.49. The highest BCUT2D eigenvalue weighted by atomic mass is 16.5. The van der Waals surface area contributed by atoms with E-state index in [0.717, 1.165) is 16.8 Å². The Labute approximate surface area is 181 Å². The number of ether oxygens (including phenoxy) is 1. The van der Waals surface area contributed by atoms with E-state index in [2.05, 4.69) is 15.4 Å². The third kappa shape index (κ3) is 4.64. The van der Waals surface area contributed by atoms with Crippen molar-refractivity contribution in [3.05, 3.63) is 90.0 Å². The van der Waals surface area contributed by atoms with Gasteiger partial charge < -0.3 is 10.1 Å². The maximum atomic E-state index is 12.4. The highest BCUT2D eigenvalue weighted by molar-refractivity contribution is 6.04. The van der Waals surface area contributed by atoms with E-state index in [9.17, 15) is 4.79 Å². The number of hydrogen-bond acceptors (Lipinski definition) is 4. The Morgan fingerprint density at radius 3 is 2.29 bits per heavy atom. The van der Waals surface area contributed by atoms with E-state index < -0.39 is 0 Å². The number of rotatable bonds is 6. The van der Waals surface area contributed by atoms with Crippen molar-refractivity contribution in [3.63, 3.8) is 0 Å². The van der Waals surface area contributed by atoms with E-state index in [4.69, 9.17) is 4.74 Å². The number of amides is 1. The Bertz CT molecular complexity index is 1180. The monoisotopic (exact) mass is 412 g/mol. The van der Waals surface area contributed by atoms with Crippen molar-refractivity contribution in [2.45, 2.75) is 26.9 Å². The van der Waals surface area contributed by atoms with Crippen LogP contribution in [0.25, 0.3) is 17.1 Å². The quantitative estimate of drug-likeness (QED) is 0.468. The van der Waals surface area contributed by atoms with Gasteiger partial charge >= 0.3 is 6.01 Å². The van der Waals surface area contributed by atoms with Crippen LogP contribution in [-0.2, 0) is 0 Å². The smallest absolute Gasteiger partial charge is 0.336 e. The summed E-state index contributed by atoms with van der Waals surface area (Å²) in [6, 6.07) is 25.0. The summed E-state index contributed by atoms with van der Waals surface area (Å²) >= 11 is 0. The van der Waals surface area contributed by atoms with Crippen molar-refractivity contribution in [1.82, 2.24) is 14.8 Å². The summed E-state index contributed by atoms with van der Waals surface area (Å²) in [4.78, 5) is 17.0. The molecule has 0 unspecified atom stereocenters. The SMILES string of the molecule is Cc1ccccc1-c1nc(OC(C)C)nn1-c1ccc(NC(=O)c2ccccc2)cc1. The molecule has 0 aliphatic heterocycles. The highest BCUT2D eigenvalue weighted by Gasteiger charge is 2.17. The van der Waals surface area contributed by atoms with Crippen LogP contribution in [0, 0.1) is 6.92 Å². The average molecular weight is 412 g/mol. The molecule has 31 heavy (non-hydrogen) atoms. The minimum Gasteiger partial charge on any atom is -0.460 e. The molecule has 0 radical (unpaired) electrons. The summed E-state index contributed by atoms with van der Waals surface area (Å²) in [7, 11) is 0. The molecule has 0 saturated heterocycles. The van der Waals surface area contributed by atoms with Gasteiger partial charge in [-0.15, -0.1) is 5.10 Å². The second kappa shape index (κ2) is 8.83. The molecular formula is C25H24N4O2. The largest absolute Gasteiger partial charge is 0.460 e. The number of nitrogens with one attached hydrogen (secondary N) is 1. The molecule has 0 saturated carbocycles. The fraction of sp³-hybridized carbons (Fsp3) is 0.160. The third-order valence-corrected chi connectivity index (χ3v) is 4.72. The minimum atomic E-state index is -0.151. The molecular weight excluding hydrogens is 388 g/mol. The van der Waals surface area contributed by atoms with Crippen LogP contribution in [-0.4, -0.2) is 26.8 Å². The van der Waals surface area contributed by atoms with Crippen LogP contribution in [0.5, 0.6) is 6.01 Å². The van der Waals surface area contributed by atoms with Crippen molar-refractivity contribution in [1.29, 1.82) is 0 Å². The molecule has 0 aliphatic rings. The zero-order valence-corrected chi connectivity index (χ0v) is 17.7. The lowest BCUT2D eigenvalue weighted by molar-refractivity contribution is 0.102. The summed E-state index contributed by atoms with van der Waals surface area (Å²) in [5.41, 5.74) is 4.21.